The second kappa shape index (κ2) is 23.8. The van der Waals surface area contributed by atoms with Crippen LogP contribution in [0.1, 0.15) is 33.3 Å². The van der Waals surface area contributed by atoms with Crippen LogP contribution in [0.5, 0.6) is 5.75 Å². The molecular formula is C28H48O11. The summed E-state index contributed by atoms with van der Waals surface area (Å²) in [6.07, 6.45) is -1.04. The molecule has 0 saturated heterocycles. The van der Waals surface area contributed by atoms with Gasteiger partial charge in [-0.25, -0.2) is 4.79 Å². The van der Waals surface area contributed by atoms with Crippen molar-refractivity contribution >= 4 is 5.97 Å². The summed E-state index contributed by atoms with van der Waals surface area (Å²) in [5.74, 6) is -0.273. The van der Waals surface area contributed by atoms with E-state index in [2.05, 4.69) is 27.4 Å². The molecule has 0 spiro atoms. The zero-order valence-corrected chi connectivity index (χ0v) is 23.9. The lowest BCUT2D eigenvalue weighted by Gasteiger charge is -2.24. The van der Waals surface area contributed by atoms with E-state index in [9.17, 15) is 9.90 Å². The molecule has 0 heterocycles. The third-order valence-corrected chi connectivity index (χ3v) is 4.68. The van der Waals surface area contributed by atoms with Gasteiger partial charge in [0.2, 0.25) is 6.29 Å². The minimum atomic E-state index is -1.04. The highest BCUT2D eigenvalue weighted by Gasteiger charge is 2.20. The molecule has 1 aromatic carbocycles. The number of hydrogen-bond donors (Lipinski definition) is 3. The largest absolute Gasteiger partial charge is 0.478 e. The predicted octanol–water partition coefficient (Wildman–Crippen LogP) is 2.42. The Bertz CT molecular complexity index is 737. The Morgan fingerprint density at radius 2 is 1.18 bits per heavy atom. The van der Waals surface area contributed by atoms with Gasteiger partial charge in [-0.1, -0.05) is 45.5 Å². The van der Waals surface area contributed by atoms with Crippen LogP contribution in [0.25, 0.3) is 0 Å². The average Bonchev–Trinajstić information content (AvgIpc) is 2.88. The van der Waals surface area contributed by atoms with Gasteiger partial charge in [-0.15, -0.1) is 0 Å². The van der Waals surface area contributed by atoms with Crippen molar-refractivity contribution in [1.82, 2.24) is 0 Å². The Hall–Kier alpha value is -2.09. The SMILES string of the molecule is C=C(C)C(=O)O.CC(C)(C)c1ccccc1OC(O)COCCOCCOCCOCCOCCOCCO. The van der Waals surface area contributed by atoms with Gasteiger partial charge in [0.25, 0.3) is 0 Å². The summed E-state index contributed by atoms with van der Waals surface area (Å²) in [6, 6.07) is 7.69. The van der Waals surface area contributed by atoms with E-state index < -0.39 is 12.3 Å². The van der Waals surface area contributed by atoms with Gasteiger partial charge < -0.3 is 48.5 Å². The normalized spacial score (nSPS) is 11.9. The van der Waals surface area contributed by atoms with Gasteiger partial charge in [-0.3, -0.25) is 0 Å². The van der Waals surface area contributed by atoms with Crippen LogP contribution in [0.15, 0.2) is 36.4 Å². The topological polar surface area (TPSA) is 142 Å². The summed E-state index contributed by atoms with van der Waals surface area (Å²) in [5.41, 5.74) is 1.13. The van der Waals surface area contributed by atoms with Gasteiger partial charge >= 0.3 is 5.97 Å². The van der Waals surface area contributed by atoms with Gasteiger partial charge in [-0.05, 0) is 24.0 Å². The predicted molar refractivity (Wildman–Crippen MR) is 146 cm³/mol. The van der Waals surface area contributed by atoms with Crippen molar-refractivity contribution in [2.75, 3.05) is 85.9 Å². The Kier molecular flexibility index (Phi) is 22.5. The minimum absolute atomic E-state index is 0.0232. The first-order chi connectivity index (χ1) is 18.6. The molecule has 0 aliphatic carbocycles. The van der Waals surface area contributed by atoms with Gasteiger partial charge in [0.1, 0.15) is 12.4 Å². The number of hydrogen-bond acceptors (Lipinski definition) is 10. The number of aliphatic hydroxyl groups excluding tert-OH is 2. The van der Waals surface area contributed by atoms with Crippen LogP contribution >= 0.6 is 0 Å². The van der Waals surface area contributed by atoms with Crippen molar-refractivity contribution in [3.05, 3.63) is 42.0 Å². The molecule has 1 rings (SSSR count). The first-order valence-corrected chi connectivity index (χ1v) is 13.0. The van der Waals surface area contributed by atoms with E-state index in [0.717, 1.165) is 5.56 Å². The van der Waals surface area contributed by atoms with E-state index in [0.29, 0.717) is 78.4 Å². The number of ether oxygens (including phenoxy) is 7. The maximum atomic E-state index is 10.1. The monoisotopic (exact) mass is 560 g/mol. The van der Waals surface area contributed by atoms with Crippen molar-refractivity contribution in [2.24, 2.45) is 0 Å². The van der Waals surface area contributed by atoms with E-state index in [4.69, 9.17) is 43.4 Å². The highest BCUT2D eigenvalue weighted by molar-refractivity contribution is 5.84. The van der Waals surface area contributed by atoms with Gasteiger partial charge in [-0.2, -0.15) is 0 Å². The van der Waals surface area contributed by atoms with Crippen molar-refractivity contribution in [3.63, 3.8) is 0 Å². The molecule has 11 nitrogen and oxygen atoms in total. The lowest BCUT2D eigenvalue weighted by atomic mass is 9.86. The number of carboxylic acids is 1. The summed E-state index contributed by atoms with van der Waals surface area (Å²) in [7, 11) is 0. The first-order valence-electron chi connectivity index (χ1n) is 13.0. The molecule has 0 aromatic heterocycles. The van der Waals surface area contributed by atoms with E-state index >= 15 is 0 Å². The molecule has 1 atom stereocenters. The summed E-state index contributed by atoms with van der Waals surface area (Å²) < 4.78 is 37.7. The standard InChI is InChI=1S/C24H42O9.C4H6O2/c1-24(2,3)21-6-4-5-7-22(21)33-23(26)20-32-19-18-31-17-16-30-15-14-29-13-12-28-11-10-27-9-8-25;1-3(2)4(5)6/h4-7,23,25-26H,8-20H2,1-3H3;1H2,2H3,(H,5,6). The molecular weight excluding hydrogens is 512 g/mol. The number of rotatable bonds is 22. The van der Waals surface area contributed by atoms with Crippen LogP contribution in [0.3, 0.4) is 0 Å². The highest BCUT2D eigenvalue weighted by Crippen LogP contribution is 2.31. The number of carbonyl (C=O) groups is 1. The number of aliphatic carboxylic acids is 1. The summed E-state index contributed by atoms with van der Waals surface area (Å²) in [4.78, 5) is 9.60. The fourth-order valence-electron chi connectivity index (χ4n) is 2.72. The number of aliphatic hydroxyl groups is 2. The minimum Gasteiger partial charge on any atom is -0.478 e. The number of carboxylic acid groups (broad SMARTS) is 1. The third kappa shape index (κ3) is 22.4. The molecule has 11 heteroatoms. The Morgan fingerprint density at radius 1 is 0.795 bits per heavy atom. The highest BCUT2D eigenvalue weighted by atomic mass is 16.6. The molecule has 0 amide bonds. The molecule has 0 bridgehead atoms. The van der Waals surface area contributed by atoms with E-state index in [-0.39, 0.29) is 24.2 Å². The van der Waals surface area contributed by atoms with Crippen molar-refractivity contribution in [2.45, 2.75) is 39.4 Å². The summed E-state index contributed by atoms with van der Waals surface area (Å²) >= 11 is 0. The quantitative estimate of drug-likeness (QED) is 0.109. The molecule has 1 unspecified atom stereocenters. The zero-order chi connectivity index (χ0) is 29.4. The van der Waals surface area contributed by atoms with Gasteiger partial charge in [0.05, 0.1) is 79.3 Å². The van der Waals surface area contributed by atoms with E-state index in [1.807, 2.05) is 24.3 Å². The lowest BCUT2D eigenvalue weighted by molar-refractivity contribution is -0.132. The fraction of sp³-hybridized carbons (Fsp3) is 0.679. The van der Waals surface area contributed by atoms with Crippen molar-refractivity contribution in [3.8, 4) is 5.75 Å². The average molecular weight is 561 g/mol. The Morgan fingerprint density at radius 3 is 1.56 bits per heavy atom. The number of benzene rings is 1. The van der Waals surface area contributed by atoms with E-state index in [1.54, 1.807) is 0 Å². The maximum Gasteiger partial charge on any atom is 0.330 e. The number of para-hydroxylation sites is 1. The molecule has 3 N–H and O–H groups in total. The summed E-state index contributed by atoms with van der Waals surface area (Å²) in [5, 5.41) is 26.5. The van der Waals surface area contributed by atoms with Crippen LogP contribution in [-0.4, -0.2) is 113 Å². The van der Waals surface area contributed by atoms with Gasteiger partial charge in [0, 0.05) is 5.57 Å². The molecule has 1 aromatic rings. The Balaban J connectivity index is 0.00000215. The van der Waals surface area contributed by atoms with Crippen molar-refractivity contribution < 1.29 is 53.3 Å². The fourth-order valence-corrected chi connectivity index (χ4v) is 2.72. The van der Waals surface area contributed by atoms with E-state index in [1.165, 1.54) is 6.92 Å². The second-order valence-corrected chi connectivity index (χ2v) is 9.26. The van der Waals surface area contributed by atoms with Crippen molar-refractivity contribution in [1.29, 1.82) is 0 Å². The molecule has 0 aliphatic heterocycles. The smallest absolute Gasteiger partial charge is 0.330 e. The zero-order valence-electron chi connectivity index (χ0n) is 23.9. The van der Waals surface area contributed by atoms with Crippen LogP contribution in [0.2, 0.25) is 0 Å². The molecule has 0 aliphatic rings. The molecule has 0 saturated carbocycles. The second-order valence-electron chi connectivity index (χ2n) is 9.26. The van der Waals surface area contributed by atoms with Crippen LogP contribution in [0, 0.1) is 0 Å². The van der Waals surface area contributed by atoms with Crippen LogP contribution in [0.4, 0.5) is 0 Å². The molecule has 226 valence electrons. The van der Waals surface area contributed by atoms with Gasteiger partial charge in [0.15, 0.2) is 0 Å². The molecule has 0 radical (unpaired) electrons. The first kappa shape index (κ1) is 36.9. The summed E-state index contributed by atoms with van der Waals surface area (Å²) in [6.45, 7) is 15.9. The van der Waals surface area contributed by atoms with Crippen LogP contribution < -0.4 is 4.74 Å². The third-order valence-electron chi connectivity index (χ3n) is 4.68. The molecule has 0 fully saturated rings. The maximum absolute atomic E-state index is 10.1. The Labute approximate surface area is 232 Å². The lowest BCUT2D eigenvalue weighted by Crippen LogP contribution is -2.25. The molecule has 39 heavy (non-hydrogen) atoms. The van der Waals surface area contributed by atoms with Crippen LogP contribution in [-0.2, 0) is 38.6 Å².